The summed E-state index contributed by atoms with van der Waals surface area (Å²) >= 11 is 0. The van der Waals surface area contributed by atoms with E-state index >= 15 is 0 Å². The van der Waals surface area contributed by atoms with Gasteiger partial charge in [0.15, 0.2) is 0 Å². The van der Waals surface area contributed by atoms with Crippen LogP contribution in [0.15, 0.2) is 0 Å². The van der Waals surface area contributed by atoms with Crippen LogP contribution < -0.4 is 0 Å². The minimum absolute atomic E-state index is 0.183. The van der Waals surface area contributed by atoms with Crippen LogP contribution in [0, 0.1) is 5.41 Å². The smallest absolute Gasteiger partial charge is 0.320 e. The number of hydrogen-bond acceptors (Lipinski definition) is 3. The Morgan fingerprint density at radius 3 is 1.88 bits per heavy atom. The Balaban J connectivity index is 1.53. The molecule has 24 heavy (non-hydrogen) atoms. The summed E-state index contributed by atoms with van der Waals surface area (Å²) in [4.78, 5) is 33.7. The minimum atomic E-state index is -0.346. The molecule has 6 nitrogen and oxygen atoms in total. The monoisotopic (exact) mass is 336 g/mol. The van der Waals surface area contributed by atoms with Crippen LogP contribution in [-0.4, -0.2) is 88.9 Å². The predicted molar refractivity (Wildman–Crippen MR) is 93.7 cm³/mol. The van der Waals surface area contributed by atoms with Crippen molar-refractivity contribution in [2.45, 2.75) is 59.2 Å². The van der Waals surface area contributed by atoms with E-state index in [9.17, 15) is 9.59 Å². The summed E-state index contributed by atoms with van der Waals surface area (Å²) in [7, 11) is 0. The number of piperazine rings is 2. The van der Waals surface area contributed by atoms with Crippen LogP contribution >= 0.6 is 0 Å². The molecular formula is C18H32N4O2. The Morgan fingerprint density at radius 1 is 0.917 bits per heavy atom. The number of carbonyl (C=O) groups excluding carboxylic acids is 2. The number of carbonyl (C=O) groups is 2. The highest BCUT2D eigenvalue weighted by atomic mass is 16.2. The lowest BCUT2D eigenvalue weighted by Crippen LogP contribution is -2.73. The first kappa shape index (κ1) is 17.5. The van der Waals surface area contributed by atoms with Crippen LogP contribution in [0.4, 0.5) is 4.79 Å². The van der Waals surface area contributed by atoms with E-state index in [0.717, 1.165) is 19.5 Å². The van der Waals surface area contributed by atoms with Crippen molar-refractivity contribution in [3.05, 3.63) is 0 Å². The molecule has 4 rings (SSSR count). The lowest BCUT2D eigenvalue weighted by Gasteiger charge is -2.58. The number of urea groups is 1. The van der Waals surface area contributed by atoms with E-state index in [2.05, 4.69) is 23.6 Å². The fourth-order valence-electron chi connectivity index (χ4n) is 4.11. The number of piperidine rings is 1. The summed E-state index contributed by atoms with van der Waals surface area (Å²) in [5, 5.41) is 0. The zero-order chi connectivity index (χ0) is 17.6. The molecule has 0 aromatic rings. The summed E-state index contributed by atoms with van der Waals surface area (Å²) in [6, 6.07) is 1.50. The molecule has 136 valence electrons. The van der Waals surface area contributed by atoms with Crippen LogP contribution in [0.3, 0.4) is 0 Å². The van der Waals surface area contributed by atoms with Crippen molar-refractivity contribution >= 4 is 11.9 Å². The van der Waals surface area contributed by atoms with E-state index in [1.54, 1.807) is 0 Å². The molecule has 0 N–H and O–H groups in total. The average Bonchev–Trinajstić information content (AvgIpc) is 2.53. The highest BCUT2D eigenvalue weighted by Crippen LogP contribution is 2.34. The molecule has 2 unspecified atom stereocenters. The van der Waals surface area contributed by atoms with Crippen molar-refractivity contribution in [1.82, 2.24) is 19.6 Å². The van der Waals surface area contributed by atoms with E-state index in [4.69, 9.17) is 0 Å². The molecule has 2 atom stereocenters. The van der Waals surface area contributed by atoms with Crippen LogP contribution in [-0.2, 0) is 4.79 Å². The Labute approximate surface area is 145 Å². The van der Waals surface area contributed by atoms with Gasteiger partial charge in [-0.05, 0) is 20.3 Å². The maximum Gasteiger partial charge on any atom is 0.320 e. The highest BCUT2D eigenvalue weighted by molar-refractivity contribution is 5.82. The van der Waals surface area contributed by atoms with Gasteiger partial charge in [0, 0.05) is 62.8 Å². The number of nitrogens with zero attached hydrogens (tertiary/aromatic N) is 4. The molecule has 4 heterocycles. The standard InChI is InChI=1S/C18H32N4O2/c1-13(2)21-11-14-10-15(12-21)22(14)17(24)20-8-6-19(7-9-20)16(23)18(3,4)5/h13-15H,6-12H2,1-5H3. The number of amides is 3. The summed E-state index contributed by atoms with van der Waals surface area (Å²) < 4.78 is 0. The van der Waals surface area contributed by atoms with Crippen molar-refractivity contribution in [3.63, 3.8) is 0 Å². The molecule has 4 aliphatic rings. The number of hydrogen-bond donors (Lipinski definition) is 0. The van der Waals surface area contributed by atoms with Crippen LogP contribution in [0.5, 0.6) is 0 Å². The Bertz CT molecular complexity index is 494. The normalized spacial score (nSPS) is 28.2. The van der Waals surface area contributed by atoms with Crippen LogP contribution in [0.25, 0.3) is 0 Å². The number of rotatable bonds is 1. The highest BCUT2D eigenvalue weighted by Gasteiger charge is 2.49. The van der Waals surface area contributed by atoms with Gasteiger partial charge < -0.3 is 14.7 Å². The second-order valence-electron chi connectivity index (χ2n) is 8.81. The molecule has 0 spiro atoms. The van der Waals surface area contributed by atoms with Gasteiger partial charge in [0.25, 0.3) is 0 Å². The Morgan fingerprint density at radius 2 is 1.42 bits per heavy atom. The van der Waals surface area contributed by atoms with Gasteiger partial charge in [0.1, 0.15) is 0 Å². The van der Waals surface area contributed by atoms with Gasteiger partial charge in [-0.2, -0.15) is 0 Å². The van der Waals surface area contributed by atoms with Gasteiger partial charge in [-0.1, -0.05) is 20.8 Å². The topological polar surface area (TPSA) is 47.1 Å². The van der Waals surface area contributed by atoms with E-state index in [1.807, 2.05) is 30.6 Å². The maximum absolute atomic E-state index is 12.9. The third-order valence-electron chi connectivity index (χ3n) is 5.65. The molecule has 4 saturated heterocycles. The summed E-state index contributed by atoms with van der Waals surface area (Å²) in [6.07, 6.45) is 1.15. The fraction of sp³-hybridized carbons (Fsp3) is 0.889. The van der Waals surface area contributed by atoms with Crippen molar-refractivity contribution < 1.29 is 9.59 Å². The Hall–Kier alpha value is -1.30. The van der Waals surface area contributed by atoms with Crippen LogP contribution in [0.1, 0.15) is 41.0 Å². The lowest BCUT2D eigenvalue weighted by atomic mass is 9.87. The molecule has 2 bridgehead atoms. The van der Waals surface area contributed by atoms with Gasteiger partial charge in [-0.15, -0.1) is 0 Å². The van der Waals surface area contributed by atoms with Gasteiger partial charge in [-0.25, -0.2) is 4.79 Å². The van der Waals surface area contributed by atoms with Crippen molar-refractivity contribution in [3.8, 4) is 0 Å². The third kappa shape index (κ3) is 3.13. The minimum Gasteiger partial charge on any atom is -0.339 e. The quantitative estimate of drug-likeness (QED) is 0.728. The molecule has 0 radical (unpaired) electrons. The molecule has 3 amide bonds. The fourth-order valence-corrected chi connectivity index (χ4v) is 4.11. The molecule has 6 heteroatoms. The summed E-state index contributed by atoms with van der Waals surface area (Å²) in [5.41, 5.74) is -0.346. The van der Waals surface area contributed by atoms with Crippen LogP contribution in [0.2, 0.25) is 0 Å². The molecule has 0 saturated carbocycles. The lowest BCUT2D eigenvalue weighted by molar-refractivity contribution is -0.141. The third-order valence-corrected chi connectivity index (χ3v) is 5.65. The summed E-state index contributed by atoms with van der Waals surface area (Å²) in [5.74, 6) is 0.183. The Kier molecular flexibility index (Phi) is 4.53. The zero-order valence-electron chi connectivity index (χ0n) is 15.8. The van der Waals surface area contributed by atoms with E-state index in [1.165, 1.54) is 0 Å². The van der Waals surface area contributed by atoms with Gasteiger partial charge in [0.05, 0.1) is 0 Å². The second-order valence-corrected chi connectivity index (χ2v) is 8.81. The molecule has 0 aliphatic carbocycles. The molecule has 4 fully saturated rings. The van der Waals surface area contributed by atoms with Crippen molar-refractivity contribution in [2.24, 2.45) is 5.41 Å². The SMILES string of the molecule is CC(C)N1CC2CC(C1)N2C(=O)N1CCN(C(=O)C(C)(C)C)CC1. The molecule has 0 aromatic carbocycles. The van der Waals surface area contributed by atoms with E-state index in [-0.39, 0.29) is 17.4 Å². The first-order valence-corrected chi connectivity index (χ1v) is 9.29. The second kappa shape index (κ2) is 6.21. The average molecular weight is 336 g/mol. The van der Waals surface area contributed by atoms with Gasteiger partial charge in [-0.3, -0.25) is 9.69 Å². The number of fused-ring (bicyclic) bond motifs is 2. The van der Waals surface area contributed by atoms with Gasteiger partial charge >= 0.3 is 6.03 Å². The van der Waals surface area contributed by atoms with E-state index < -0.39 is 0 Å². The molecular weight excluding hydrogens is 304 g/mol. The maximum atomic E-state index is 12.9. The van der Waals surface area contributed by atoms with Gasteiger partial charge in [0.2, 0.25) is 5.91 Å². The molecule has 0 aromatic heterocycles. The predicted octanol–water partition coefficient (Wildman–Crippen LogP) is 1.46. The first-order chi connectivity index (χ1) is 11.2. The largest absolute Gasteiger partial charge is 0.339 e. The molecule has 4 aliphatic heterocycles. The van der Waals surface area contributed by atoms with E-state index in [0.29, 0.717) is 44.3 Å². The summed E-state index contributed by atoms with van der Waals surface area (Å²) in [6.45, 7) is 14.9. The first-order valence-electron chi connectivity index (χ1n) is 9.29. The zero-order valence-corrected chi connectivity index (χ0v) is 15.8. The van der Waals surface area contributed by atoms with Crippen molar-refractivity contribution in [1.29, 1.82) is 0 Å². The van der Waals surface area contributed by atoms with Crippen molar-refractivity contribution in [2.75, 3.05) is 39.3 Å².